The summed E-state index contributed by atoms with van der Waals surface area (Å²) in [5.74, 6) is 0. The lowest BCUT2D eigenvalue weighted by Crippen LogP contribution is -2.49. The lowest BCUT2D eigenvalue weighted by molar-refractivity contribution is 0.0946. The summed E-state index contributed by atoms with van der Waals surface area (Å²) in [6, 6.07) is 0.953. The Hall–Kier alpha value is -0.170. The number of hydrogen-bond acceptors (Lipinski definition) is 4. The van der Waals surface area contributed by atoms with Crippen LogP contribution in [0, 0.1) is 0 Å². The van der Waals surface area contributed by atoms with Crippen molar-refractivity contribution < 1.29 is 13.2 Å². The van der Waals surface area contributed by atoms with Crippen molar-refractivity contribution in [2.24, 2.45) is 0 Å². The van der Waals surface area contributed by atoms with E-state index >= 15 is 0 Å². The van der Waals surface area contributed by atoms with Crippen LogP contribution in [0.15, 0.2) is 0 Å². The summed E-state index contributed by atoms with van der Waals surface area (Å²) in [6.45, 7) is 1.30. The minimum Gasteiger partial charge on any atom is -0.373 e. The smallest absolute Gasteiger partial charge is 0.211 e. The van der Waals surface area contributed by atoms with Crippen molar-refractivity contribution >= 4 is 10.0 Å². The highest BCUT2D eigenvalue weighted by atomic mass is 32.2. The fraction of sp³-hybridized carbons (Fsp3) is 1.00. The molecule has 3 aliphatic rings. The first kappa shape index (κ1) is 12.8. The molecule has 1 N–H and O–H groups in total. The van der Waals surface area contributed by atoms with Gasteiger partial charge in [0.05, 0.1) is 18.5 Å². The van der Waals surface area contributed by atoms with Gasteiger partial charge in [-0.05, 0) is 32.1 Å². The number of ether oxygens (including phenoxy) is 1. The summed E-state index contributed by atoms with van der Waals surface area (Å²) < 4.78 is 30.3. The zero-order chi connectivity index (χ0) is 12.8. The molecule has 3 atom stereocenters. The van der Waals surface area contributed by atoms with Crippen LogP contribution in [0.4, 0.5) is 0 Å². The number of nitrogens with one attached hydrogen (secondary N) is 1. The van der Waals surface area contributed by atoms with Gasteiger partial charge in [-0.15, -0.1) is 0 Å². The van der Waals surface area contributed by atoms with Crippen LogP contribution in [0.2, 0.25) is 0 Å². The van der Waals surface area contributed by atoms with Gasteiger partial charge in [-0.2, -0.15) is 0 Å². The van der Waals surface area contributed by atoms with E-state index < -0.39 is 10.0 Å². The third-order valence-electron chi connectivity index (χ3n) is 4.48. The Morgan fingerprint density at radius 3 is 2.39 bits per heavy atom. The SMILES string of the molecule is CS(=O)(=O)N1CCC(NC2CC3CCC2O3)CC1. The summed E-state index contributed by atoms with van der Waals surface area (Å²) in [4.78, 5) is 0. The summed E-state index contributed by atoms with van der Waals surface area (Å²) >= 11 is 0. The van der Waals surface area contributed by atoms with Gasteiger partial charge in [0.15, 0.2) is 0 Å². The third-order valence-corrected chi connectivity index (χ3v) is 5.78. The molecule has 0 spiro atoms. The Labute approximate surface area is 109 Å². The third kappa shape index (κ3) is 2.57. The first-order valence-electron chi connectivity index (χ1n) is 6.89. The van der Waals surface area contributed by atoms with E-state index in [4.69, 9.17) is 4.74 Å². The van der Waals surface area contributed by atoms with Crippen molar-refractivity contribution in [2.75, 3.05) is 19.3 Å². The molecule has 3 rings (SSSR count). The van der Waals surface area contributed by atoms with Crippen molar-refractivity contribution in [2.45, 2.75) is 56.4 Å². The van der Waals surface area contributed by atoms with Crippen LogP contribution in [-0.2, 0) is 14.8 Å². The van der Waals surface area contributed by atoms with Gasteiger partial charge in [-0.25, -0.2) is 12.7 Å². The predicted octanol–water partition coefficient (Wildman–Crippen LogP) is 0.320. The van der Waals surface area contributed by atoms with Crippen molar-refractivity contribution in [3.05, 3.63) is 0 Å². The lowest BCUT2D eigenvalue weighted by Gasteiger charge is -2.33. The summed E-state index contributed by atoms with van der Waals surface area (Å²) in [5, 5.41) is 3.67. The van der Waals surface area contributed by atoms with Crippen molar-refractivity contribution in [1.29, 1.82) is 0 Å². The quantitative estimate of drug-likeness (QED) is 0.805. The van der Waals surface area contributed by atoms with Gasteiger partial charge in [-0.1, -0.05) is 0 Å². The van der Waals surface area contributed by atoms with E-state index in [-0.39, 0.29) is 0 Å². The first-order chi connectivity index (χ1) is 8.52. The van der Waals surface area contributed by atoms with Gasteiger partial charge >= 0.3 is 0 Å². The number of nitrogens with zero attached hydrogens (tertiary/aromatic N) is 1. The Morgan fingerprint density at radius 1 is 1.17 bits per heavy atom. The molecule has 18 heavy (non-hydrogen) atoms. The molecule has 2 bridgehead atoms. The fourth-order valence-electron chi connectivity index (χ4n) is 3.47. The highest BCUT2D eigenvalue weighted by Crippen LogP contribution is 2.34. The van der Waals surface area contributed by atoms with Crippen LogP contribution in [0.5, 0.6) is 0 Å². The summed E-state index contributed by atoms with van der Waals surface area (Å²) in [7, 11) is -3.00. The second-order valence-corrected chi connectivity index (χ2v) is 7.80. The highest BCUT2D eigenvalue weighted by molar-refractivity contribution is 7.88. The molecule has 6 heteroatoms. The maximum absolute atomic E-state index is 11.4. The number of fused-ring (bicyclic) bond motifs is 2. The van der Waals surface area contributed by atoms with Gasteiger partial charge in [0.2, 0.25) is 10.0 Å². The van der Waals surface area contributed by atoms with E-state index in [1.54, 1.807) is 4.31 Å². The molecule has 3 fully saturated rings. The minimum absolute atomic E-state index is 0.405. The topological polar surface area (TPSA) is 58.6 Å². The van der Waals surface area contributed by atoms with Crippen LogP contribution < -0.4 is 5.32 Å². The number of sulfonamides is 1. The molecular weight excluding hydrogens is 252 g/mol. The van der Waals surface area contributed by atoms with E-state index in [0.29, 0.717) is 37.4 Å². The largest absolute Gasteiger partial charge is 0.373 e. The average Bonchev–Trinajstić information content (AvgIpc) is 2.90. The van der Waals surface area contributed by atoms with Crippen LogP contribution in [0.1, 0.15) is 32.1 Å². The number of hydrogen-bond donors (Lipinski definition) is 1. The Kier molecular flexibility index (Phi) is 3.38. The second kappa shape index (κ2) is 4.74. The summed E-state index contributed by atoms with van der Waals surface area (Å²) in [5.41, 5.74) is 0. The number of piperidine rings is 1. The van der Waals surface area contributed by atoms with E-state index in [9.17, 15) is 8.42 Å². The first-order valence-corrected chi connectivity index (χ1v) is 8.74. The van der Waals surface area contributed by atoms with Gasteiger partial charge in [0.25, 0.3) is 0 Å². The molecule has 0 aliphatic carbocycles. The van der Waals surface area contributed by atoms with Gasteiger partial charge in [0.1, 0.15) is 0 Å². The molecule has 104 valence electrons. The van der Waals surface area contributed by atoms with Gasteiger partial charge < -0.3 is 10.1 Å². The fourth-order valence-corrected chi connectivity index (χ4v) is 4.34. The minimum atomic E-state index is -3.00. The Balaban J connectivity index is 1.49. The van der Waals surface area contributed by atoms with Crippen molar-refractivity contribution in [3.63, 3.8) is 0 Å². The average molecular weight is 274 g/mol. The molecule has 0 aromatic heterocycles. The molecule has 5 nitrogen and oxygen atoms in total. The summed E-state index contributed by atoms with van der Waals surface area (Å²) in [6.07, 6.45) is 7.55. The van der Waals surface area contributed by atoms with Crippen LogP contribution >= 0.6 is 0 Å². The normalized spacial score (nSPS) is 38.4. The molecular formula is C12H22N2O3S. The van der Waals surface area contributed by atoms with E-state index in [1.807, 2.05) is 0 Å². The lowest BCUT2D eigenvalue weighted by atomic mass is 9.93. The maximum Gasteiger partial charge on any atom is 0.211 e. The molecule has 0 aromatic rings. The van der Waals surface area contributed by atoms with E-state index in [0.717, 1.165) is 19.3 Å². The number of rotatable bonds is 3. The molecule has 3 unspecified atom stereocenters. The van der Waals surface area contributed by atoms with Gasteiger partial charge in [-0.3, -0.25) is 0 Å². The molecule has 0 radical (unpaired) electrons. The second-order valence-electron chi connectivity index (χ2n) is 5.82. The molecule has 3 heterocycles. The van der Waals surface area contributed by atoms with Gasteiger partial charge in [0, 0.05) is 25.2 Å². The zero-order valence-corrected chi connectivity index (χ0v) is 11.7. The molecule has 0 amide bonds. The van der Waals surface area contributed by atoms with Crippen LogP contribution in [-0.4, -0.2) is 56.4 Å². The van der Waals surface area contributed by atoms with E-state index in [2.05, 4.69) is 5.32 Å². The zero-order valence-electron chi connectivity index (χ0n) is 10.8. The molecule has 0 aromatic carbocycles. The van der Waals surface area contributed by atoms with Crippen molar-refractivity contribution in [3.8, 4) is 0 Å². The van der Waals surface area contributed by atoms with Crippen LogP contribution in [0.3, 0.4) is 0 Å². The Bertz CT molecular complexity index is 404. The van der Waals surface area contributed by atoms with Crippen molar-refractivity contribution in [1.82, 2.24) is 9.62 Å². The predicted molar refractivity (Wildman–Crippen MR) is 68.9 cm³/mol. The van der Waals surface area contributed by atoms with E-state index in [1.165, 1.54) is 19.1 Å². The standard InChI is InChI=1S/C12H22N2O3S/c1-18(15,16)14-6-4-9(5-7-14)13-11-8-10-2-3-12(11)17-10/h9-13H,2-8H2,1H3. The molecule has 3 saturated heterocycles. The molecule has 3 aliphatic heterocycles. The molecule has 0 saturated carbocycles. The Morgan fingerprint density at radius 2 is 1.89 bits per heavy atom. The monoisotopic (exact) mass is 274 g/mol. The highest BCUT2D eigenvalue weighted by Gasteiger charge is 2.41. The maximum atomic E-state index is 11.4. The van der Waals surface area contributed by atoms with Crippen LogP contribution in [0.25, 0.3) is 0 Å².